The van der Waals surface area contributed by atoms with Crippen LogP contribution in [0.15, 0.2) is 76.7 Å². The molecule has 0 spiro atoms. The number of nitrogens with zero attached hydrogens (tertiary/aromatic N) is 2. The van der Waals surface area contributed by atoms with Gasteiger partial charge >= 0.3 is 0 Å². The first-order valence-electron chi connectivity index (χ1n) is 8.85. The molecule has 0 bridgehead atoms. The second-order valence-corrected chi connectivity index (χ2v) is 7.46. The summed E-state index contributed by atoms with van der Waals surface area (Å²) >= 11 is 1.81. The normalized spacial score (nSPS) is 11.3. The van der Waals surface area contributed by atoms with Crippen LogP contribution in [0.25, 0.3) is 21.7 Å². The Hall–Kier alpha value is -2.59. The zero-order valence-electron chi connectivity index (χ0n) is 14.7. The molecule has 0 amide bonds. The smallest absolute Gasteiger partial charge is 0.261 e. The summed E-state index contributed by atoms with van der Waals surface area (Å²) in [6, 6.07) is 20.3. The standard InChI is InChI=1S/C22H20N2OS/c1-2-12-26-20-13-19-21(18-11-7-6-10-17(18)20)23-15-24(22(19)25)14-16-8-4-3-5-9-16/h3-11,13,15H,2,12,14H2,1H3. The largest absolute Gasteiger partial charge is 0.294 e. The first-order chi connectivity index (χ1) is 12.8. The maximum Gasteiger partial charge on any atom is 0.261 e. The fourth-order valence-electron chi connectivity index (χ4n) is 3.19. The summed E-state index contributed by atoms with van der Waals surface area (Å²) in [6.45, 7) is 2.71. The van der Waals surface area contributed by atoms with Gasteiger partial charge in [0.1, 0.15) is 0 Å². The molecule has 0 saturated carbocycles. The molecule has 0 unspecified atom stereocenters. The summed E-state index contributed by atoms with van der Waals surface area (Å²) in [5.41, 5.74) is 1.90. The molecule has 0 fully saturated rings. The van der Waals surface area contributed by atoms with E-state index in [1.54, 1.807) is 10.9 Å². The Morgan fingerprint density at radius 3 is 2.46 bits per heavy atom. The lowest BCUT2D eigenvalue weighted by Gasteiger charge is -2.11. The highest BCUT2D eigenvalue weighted by Gasteiger charge is 2.12. The minimum Gasteiger partial charge on any atom is -0.294 e. The predicted molar refractivity (Wildman–Crippen MR) is 110 cm³/mol. The van der Waals surface area contributed by atoms with Gasteiger partial charge in [-0.15, -0.1) is 11.8 Å². The topological polar surface area (TPSA) is 34.9 Å². The van der Waals surface area contributed by atoms with Crippen LogP contribution >= 0.6 is 11.8 Å². The summed E-state index contributed by atoms with van der Waals surface area (Å²) in [7, 11) is 0. The molecular weight excluding hydrogens is 340 g/mol. The van der Waals surface area contributed by atoms with Gasteiger partial charge < -0.3 is 0 Å². The van der Waals surface area contributed by atoms with E-state index in [0.717, 1.165) is 33.5 Å². The van der Waals surface area contributed by atoms with Gasteiger partial charge in [0, 0.05) is 10.3 Å². The summed E-state index contributed by atoms with van der Waals surface area (Å²) in [5.74, 6) is 1.04. The Labute approximate surface area is 156 Å². The number of aromatic nitrogens is 2. The molecule has 0 saturated heterocycles. The van der Waals surface area contributed by atoms with Crippen molar-refractivity contribution >= 4 is 33.4 Å². The zero-order valence-corrected chi connectivity index (χ0v) is 15.5. The molecule has 0 radical (unpaired) electrons. The molecule has 0 atom stereocenters. The molecule has 0 N–H and O–H groups in total. The van der Waals surface area contributed by atoms with Crippen LogP contribution in [0.3, 0.4) is 0 Å². The van der Waals surface area contributed by atoms with E-state index >= 15 is 0 Å². The molecule has 4 aromatic rings. The maximum absolute atomic E-state index is 13.1. The van der Waals surface area contributed by atoms with Crippen molar-refractivity contribution in [1.29, 1.82) is 0 Å². The predicted octanol–water partition coefficient (Wildman–Crippen LogP) is 5.10. The van der Waals surface area contributed by atoms with Crippen molar-refractivity contribution < 1.29 is 0 Å². The lowest BCUT2D eigenvalue weighted by molar-refractivity contribution is 0.748. The van der Waals surface area contributed by atoms with Gasteiger partial charge in [0.25, 0.3) is 5.56 Å². The monoisotopic (exact) mass is 360 g/mol. The second kappa shape index (κ2) is 7.34. The molecule has 1 aromatic heterocycles. The SMILES string of the molecule is CCCSc1cc2c(=O)n(Cc3ccccc3)cnc2c2ccccc12. The molecule has 3 aromatic carbocycles. The molecule has 0 aliphatic rings. The third-order valence-electron chi connectivity index (χ3n) is 4.45. The van der Waals surface area contributed by atoms with Crippen LogP contribution in [0.1, 0.15) is 18.9 Å². The second-order valence-electron chi connectivity index (χ2n) is 6.33. The summed E-state index contributed by atoms with van der Waals surface area (Å²) in [6.07, 6.45) is 2.77. The average Bonchev–Trinajstić information content (AvgIpc) is 2.69. The molecule has 130 valence electrons. The van der Waals surface area contributed by atoms with Gasteiger partial charge in [-0.1, -0.05) is 61.5 Å². The highest BCUT2D eigenvalue weighted by Crippen LogP contribution is 2.32. The van der Waals surface area contributed by atoms with E-state index in [1.807, 2.05) is 60.3 Å². The fourth-order valence-corrected chi connectivity index (χ4v) is 4.15. The first kappa shape index (κ1) is 16.9. The number of hydrogen-bond donors (Lipinski definition) is 0. The van der Waals surface area contributed by atoms with E-state index in [2.05, 4.69) is 24.0 Å². The molecule has 1 heterocycles. The number of thioether (sulfide) groups is 1. The highest BCUT2D eigenvalue weighted by molar-refractivity contribution is 7.99. The van der Waals surface area contributed by atoms with Crippen molar-refractivity contribution in [1.82, 2.24) is 9.55 Å². The quantitative estimate of drug-likeness (QED) is 0.367. The summed E-state index contributed by atoms with van der Waals surface area (Å²) in [4.78, 5) is 18.9. The molecule has 4 rings (SSSR count). The van der Waals surface area contributed by atoms with E-state index in [0.29, 0.717) is 11.9 Å². The Morgan fingerprint density at radius 2 is 1.69 bits per heavy atom. The summed E-state index contributed by atoms with van der Waals surface area (Å²) < 4.78 is 1.70. The Bertz CT molecular complexity index is 1120. The molecule has 0 aliphatic heterocycles. The fraction of sp³-hybridized carbons (Fsp3) is 0.182. The third kappa shape index (κ3) is 3.13. The highest BCUT2D eigenvalue weighted by atomic mass is 32.2. The van der Waals surface area contributed by atoms with Crippen LogP contribution in [0.2, 0.25) is 0 Å². The lowest BCUT2D eigenvalue weighted by Crippen LogP contribution is -2.21. The molecular formula is C22H20N2OS. The van der Waals surface area contributed by atoms with Crippen molar-refractivity contribution in [3.05, 3.63) is 82.9 Å². The van der Waals surface area contributed by atoms with E-state index in [-0.39, 0.29) is 5.56 Å². The lowest BCUT2D eigenvalue weighted by atomic mass is 10.1. The maximum atomic E-state index is 13.1. The minimum absolute atomic E-state index is 0.0166. The van der Waals surface area contributed by atoms with Crippen LogP contribution < -0.4 is 5.56 Å². The van der Waals surface area contributed by atoms with Gasteiger partial charge in [-0.05, 0) is 29.2 Å². The van der Waals surface area contributed by atoms with Gasteiger partial charge in [0.15, 0.2) is 0 Å². The molecule has 26 heavy (non-hydrogen) atoms. The van der Waals surface area contributed by atoms with E-state index in [4.69, 9.17) is 0 Å². The number of benzene rings is 3. The van der Waals surface area contributed by atoms with Crippen LogP contribution in [0.4, 0.5) is 0 Å². The van der Waals surface area contributed by atoms with Gasteiger partial charge in [-0.25, -0.2) is 4.98 Å². The molecule has 4 heteroatoms. The number of hydrogen-bond acceptors (Lipinski definition) is 3. The third-order valence-corrected chi connectivity index (χ3v) is 5.71. The Kier molecular flexibility index (Phi) is 4.76. The van der Waals surface area contributed by atoms with Gasteiger partial charge in [-0.2, -0.15) is 0 Å². The van der Waals surface area contributed by atoms with Crippen molar-refractivity contribution in [2.24, 2.45) is 0 Å². The average molecular weight is 360 g/mol. The zero-order chi connectivity index (χ0) is 17.9. The molecule has 3 nitrogen and oxygen atoms in total. The van der Waals surface area contributed by atoms with Crippen LogP contribution in [0, 0.1) is 0 Å². The van der Waals surface area contributed by atoms with Crippen molar-refractivity contribution in [2.75, 3.05) is 5.75 Å². The summed E-state index contributed by atoms with van der Waals surface area (Å²) in [5, 5.41) is 2.92. The van der Waals surface area contributed by atoms with Crippen molar-refractivity contribution in [2.45, 2.75) is 24.8 Å². The Morgan fingerprint density at radius 1 is 0.962 bits per heavy atom. The van der Waals surface area contributed by atoms with Crippen LogP contribution in [0.5, 0.6) is 0 Å². The van der Waals surface area contributed by atoms with E-state index in [9.17, 15) is 4.79 Å². The first-order valence-corrected chi connectivity index (χ1v) is 9.84. The van der Waals surface area contributed by atoms with Crippen molar-refractivity contribution in [3.8, 4) is 0 Å². The Balaban J connectivity index is 1.90. The van der Waals surface area contributed by atoms with E-state index < -0.39 is 0 Å². The van der Waals surface area contributed by atoms with Gasteiger partial charge in [0.2, 0.25) is 0 Å². The van der Waals surface area contributed by atoms with Crippen LogP contribution in [-0.4, -0.2) is 15.3 Å². The van der Waals surface area contributed by atoms with Crippen LogP contribution in [-0.2, 0) is 6.54 Å². The van der Waals surface area contributed by atoms with Gasteiger partial charge in [-0.3, -0.25) is 9.36 Å². The number of rotatable bonds is 5. The minimum atomic E-state index is 0.0166. The van der Waals surface area contributed by atoms with Crippen molar-refractivity contribution in [3.63, 3.8) is 0 Å². The van der Waals surface area contributed by atoms with Gasteiger partial charge in [0.05, 0.1) is 23.8 Å². The van der Waals surface area contributed by atoms with E-state index in [1.165, 1.54) is 5.39 Å². The molecule has 0 aliphatic carbocycles. The number of fused-ring (bicyclic) bond motifs is 3.